The lowest BCUT2D eigenvalue weighted by Crippen LogP contribution is -2.10. The molecule has 0 radical (unpaired) electrons. The number of aryl methyl sites for hydroxylation is 1. The minimum absolute atomic E-state index is 0.604. The summed E-state index contributed by atoms with van der Waals surface area (Å²) in [7, 11) is 4.92. The fraction of sp³-hybridized carbons (Fsp3) is 0.238. The molecule has 0 aromatic heterocycles. The van der Waals surface area contributed by atoms with Crippen LogP contribution in [0.25, 0.3) is 11.3 Å². The minimum atomic E-state index is 0.604. The second-order valence-electron chi connectivity index (χ2n) is 5.69. The maximum Gasteiger partial charge on any atom is 0.177 e. The molecule has 1 heterocycles. The summed E-state index contributed by atoms with van der Waals surface area (Å²) in [5.74, 6) is 3.53. The van der Waals surface area contributed by atoms with E-state index < -0.39 is 0 Å². The number of ether oxygens (including phenoxy) is 4. The lowest BCUT2D eigenvalue weighted by molar-refractivity contribution is 0.297. The third-order valence-electron chi connectivity index (χ3n) is 4.34. The van der Waals surface area contributed by atoms with Crippen molar-refractivity contribution in [2.45, 2.75) is 13.3 Å². The number of benzene rings is 2. The molecule has 0 fully saturated rings. The SMILES string of the molecule is C=C1C(OC)=C(c2ccc(CC)c(OC)c2)Oc2ccc(OC)cc21. The maximum atomic E-state index is 6.15. The Morgan fingerprint density at radius 2 is 1.76 bits per heavy atom. The lowest BCUT2D eigenvalue weighted by atomic mass is 9.98. The molecule has 2 aromatic carbocycles. The van der Waals surface area contributed by atoms with Gasteiger partial charge in [-0.25, -0.2) is 0 Å². The first kappa shape index (κ1) is 17.0. The summed E-state index contributed by atoms with van der Waals surface area (Å²) in [6.45, 7) is 6.28. The van der Waals surface area contributed by atoms with Gasteiger partial charge in [-0.3, -0.25) is 0 Å². The molecule has 0 N–H and O–H groups in total. The monoisotopic (exact) mass is 338 g/mol. The standard InChI is InChI=1S/C21H22O4/c1-6-14-7-8-15(11-19(14)23-4)21-20(24-5)13(2)17-12-16(22-3)9-10-18(17)25-21/h7-12H,2,6H2,1,3-5H3. The minimum Gasteiger partial charge on any atom is -0.497 e. The first-order valence-corrected chi connectivity index (χ1v) is 8.14. The third-order valence-corrected chi connectivity index (χ3v) is 4.34. The van der Waals surface area contributed by atoms with Crippen LogP contribution in [0, 0.1) is 0 Å². The van der Waals surface area contributed by atoms with E-state index in [1.807, 2.05) is 36.4 Å². The van der Waals surface area contributed by atoms with E-state index in [0.29, 0.717) is 11.5 Å². The van der Waals surface area contributed by atoms with Crippen LogP contribution in [0.15, 0.2) is 48.7 Å². The van der Waals surface area contributed by atoms with E-state index in [-0.39, 0.29) is 0 Å². The largest absolute Gasteiger partial charge is 0.497 e. The predicted molar refractivity (Wildman–Crippen MR) is 99.0 cm³/mol. The quantitative estimate of drug-likeness (QED) is 0.793. The zero-order valence-electron chi connectivity index (χ0n) is 15.0. The van der Waals surface area contributed by atoms with E-state index in [2.05, 4.69) is 13.5 Å². The number of hydrogen-bond donors (Lipinski definition) is 0. The van der Waals surface area contributed by atoms with Crippen molar-refractivity contribution in [3.05, 3.63) is 65.4 Å². The number of fused-ring (bicyclic) bond motifs is 1. The summed E-state index contributed by atoms with van der Waals surface area (Å²) in [6, 6.07) is 11.7. The summed E-state index contributed by atoms with van der Waals surface area (Å²) in [4.78, 5) is 0. The molecule has 2 aromatic rings. The molecule has 1 aliphatic rings. The second kappa shape index (κ2) is 6.93. The molecule has 0 saturated carbocycles. The van der Waals surface area contributed by atoms with Crippen LogP contribution in [0.4, 0.5) is 0 Å². The Morgan fingerprint density at radius 1 is 0.960 bits per heavy atom. The topological polar surface area (TPSA) is 36.9 Å². The molecule has 0 saturated heterocycles. The lowest BCUT2D eigenvalue weighted by Gasteiger charge is -2.25. The van der Waals surface area contributed by atoms with Gasteiger partial charge >= 0.3 is 0 Å². The van der Waals surface area contributed by atoms with E-state index in [1.165, 1.54) is 0 Å². The molecule has 4 heteroatoms. The van der Waals surface area contributed by atoms with E-state index in [0.717, 1.165) is 45.9 Å². The van der Waals surface area contributed by atoms with Crippen LogP contribution in [0.2, 0.25) is 0 Å². The summed E-state index contributed by atoms with van der Waals surface area (Å²) < 4.78 is 22.6. The van der Waals surface area contributed by atoms with Gasteiger partial charge in [-0.1, -0.05) is 25.6 Å². The molecule has 0 aliphatic carbocycles. The van der Waals surface area contributed by atoms with Crippen LogP contribution >= 0.6 is 0 Å². The van der Waals surface area contributed by atoms with Gasteiger partial charge < -0.3 is 18.9 Å². The number of allylic oxidation sites excluding steroid dienone is 1. The molecule has 25 heavy (non-hydrogen) atoms. The number of methoxy groups -OCH3 is 3. The Labute approximate surface area is 148 Å². The molecule has 0 amide bonds. The van der Waals surface area contributed by atoms with Crippen LogP contribution in [0.5, 0.6) is 17.2 Å². The highest BCUT2D eigenvalue weighted by Gasteiger charge is 2.26. The highest BCUT2D eigenvalue weighted by Crippen LogP contribution is 2.43. The Hall–Kier alpha value is -2.88. The molecular formula is C21H22O4. The van der Waals surface area contributed by atoms with Crippen molar-refractivity contribution in [2.24, 2.45) is 0 Å². The van der Waals surface area contributed by atoms with Gasteiger partial charge in [0, 0.05) is 16.7 Å². The van der Waals surface area contributed by atoms with Gasteiger partial charge in [0.2, 0.25) is 0 Å². The van der Waals surface area contributed by atoms with E-state index in [1.54, 1.807) is 21.3 Å². The first-order valence-electron chi connectivity index (χ1n) is 8.14. The Kier molecular flexibility index (Phi) is 4.70. The molecule has 0 bridgehead atoms. The van der Waals surface area contributed by atoms with Crippen LogP contribution in [-0.2, 0) is 11.2 Å². The normalized spacial score (nSPS) is 13.2. The highest BCUT2D eigenvalue weighted by atomic mass is 16.5. The molecular weight excluding hydrogens is 316 g/mol. The van der Waals surface area contributed by atoms with Gasteiger partial charge in [-0.05, 0) is 36.2 Å². The van der Waals surface area contributed by atoms with Crippen LogP contribution < -0.4 is 14.2 Å². The summed E-state index contributed by atoms with van der Waals surface area (Å²) in [6.07, 6.45) is 0.899. The smallest absolute Gasteiger partial charge is 0.177 e. The van der Waals surface area contributed by atoms with Crippen molar-refractivity contribution in [2.75, 3.05) is 21.3 Å². The molecule has 0 spiro atoms. The van der Waals surface area contributed by atoms with Gasteiger partial charge in [0.25, 0.3) is 0 Å². The highest BCUT2D eigenvalue weighted by molar-refractivity contribution is 5.90. The van der Waals surface area contributed by atoms with Crippen LogP contribution in [0.1, 0.15) is 23.6 Å². The summed E-state index contributed by atoms with van der Waals surface area (Å²) in [5.41, 5.74) is 3.65. The van der Waals surface area contributed by atoms with Crippen LogP contribution in [-0.4, -0.2) is 21.3 Å². The second-order valence-corrected chi connectivity index (χ2v) is 5.69. The Balaban J connectivity index is 2.11. The molecule has 0 unspecified atom stereocenters. The van der Waals surface area contributed by atoms with Crippen molar-refractivity contribution in [1.29, 1.82) is 0 Å². The maximum absolute atomic E-state index is 6.15. The summed E-state index contributed by atoms with van der Waals surface area (Å²) >= 11 is 0. The molecule has 3 rings (SSSR count). The zero-order chi connectivity index (χ0) is 18.0. The van der Waals surface area contributed by atoms with Gasteiger partial charge in [-0.2, -0.15) is 0 Å². The number of rotatable bonds is 5. The Morgan fingerprint density at radius 3 is 2.40 bits per heavy atom. The molecule has 130 valence electrons. The average molecular weight is 338 g/mol. The average Bonchev–Trinajstić information content (AvgIpc) is 2.67. The fourth-order valence-corrected chi connectivity index (χ4v) is 2.96. The van der Waals surface area contributed by atoms with E-state index in [4.69, 9.17) is 18.9 Å². The predicted octanol–water partition coefficient (Wildman–Crippen LogP) is 4.69. The zero-order valence-corrected chi connectivity index (χ0v) is 15.0. The third kappa shape index (κ3) is 2.95. The van der Waals surface area contributed by atoms with Crippen molar-refractivity contribution in [1.82, 2.24) is 0 Å². The van der Waals surface area contributed by atoms with Crippen molar-refractivity contribution in [3.8, 4) is 17.2 Å². The molecule has 1 aliphatic heterocycles. The van der Waals surface area contributed by atoms with Crippen LogP contribution in [0.3, 0.4) is 0 Å². The van der Waals surface area contributed by atoms with E-state index in [9.17, 15) is 0 Å². The summed E-state index contributed by atoms with van der Waals surface area (Å²) in [5, 5.41) is 0. The first-order chi connectivity index (χ1) is 12.1. The molecule has 0 atom stereocenters. The fourth-order valence-electron chi connectivity index (χ4n) is 2.96. The van der Waals surface area contributed by atoms with Crippen molar-refractivity contribution >= 4 is 11.3 Å². The number of hydrogen-bond acceptors (Lipinski definition) is 4. The van der Waals surface area contributed by atoms with E-state index >= 15 is 0 Å². The van der Waals surface area contributed by atoms with Gasteiger partial charge in [0.05, 0.1) is 21.3 Å². The van der Waals surface area contributed by atoms with Gasteiger partial charge in [0.15, 0.2) is 11.5 Å². The molecule has 4 nitrogen and oxygen atoms in total. The van der Waals surface area contributed by atoms with Gasteiger partial charge in [0.1, 0.15) is 17.2 Å². The van der Waals surface area contributed by atoms with Gasteiger partial charge in [-0.15, -0.1) is 0 Å². The van der Waals surface area contributed by atoms with Crippen molar-refractivity contribution in [3.63, 3.8) is 0 Å². The van der Waals surface area contributed by atoms with Crippen molar-refractivity contribution < 1.29 is 18.9 Å². The Bertz CT molecular complexity index is 849.